The van der Waals surface area contributed by atoms with Crippen LogP contribution in [-0.2, 0) is 6.42 Å². The zero-order valence-electron chi connectivity index (χ0n) is 10.5. The first-order chi connectivity index (χ1) is 8.49. The summed E-state index contributed by atoms with van der Waals surface area (Å²) < 4.78 is 35.9. The Morgan fingerprint density at radius 3 is 2.28 bits per heavy atom. The van der Waals surface area contributed by atoms with E-state index in [0.717, 1.165) is 18.4 Å². The number of hydrogen-bond donors (Lipinski definition) is 1. The van der Waals surface area contributed by atoms with E-state index in [1.807, 2.05) is 0 Å². The molecule has 0 aliphatic heterocycles. The Hall–Kier alpha value is -1.36. The van der Waals surface area contributed by atoms with Gasteiger partial charge in [-0.25, -0.2) is 8.78 Å². The lowest BCUT2D eigenvalue weighted by Gasteiger charge is -2.16. The molecule has 18 heavy (non-hydrogen) atoms. The van der Waals surface area contributed by atoms with Crippen molar-refractivity contribution in [3.8, 4) is 11.5 Å². The van der Waals surface area contributed by atoms with E-state index < -0.39 is 6.43 Å². The van der Waals surface area contributed by atoms with Gasteiger partial charge in [0.2, 0.25) is 0 Å². The van der Waals surface area contributed by atoms with Crippen molar-refractivity contribution in [1.82, 2.24) is 0 Å². The molecular weight excluding hydrogens is 240 g/mol. The van der Waals surface area contributed by atoms with Crippen LogP contribution in [-0.4, -0.2) is 19.8 Å². The van der Waals surface area contributed by atoms with Crippen molar-refractivity contribution in [3.63, 3.8) is 0 Å². The highest BCUT2D eigenvalue weighted by molar-refractivity contribution is 5.48. The molecule has 5 heteroatoms. The molecule has 1 aliphatic rings. The number of hydrogen-bond acceptors (Lipinski definition) is 3. The fraction of sp³-hybridized carbons (Fsp3) is 0.538. The first-order valence-corrected chi connectivity index (χ1v) is 5.81. The van der Waals surface area contributed by atoms with Crippen LogP contribution in [0, 0.1) is 0 Å². The Morgan fingerprint density at radius 2 is 1.83 bits per heavy atom. The number of halogens is 2. The maximum atomic E-state index is 12.9. The van der Waals surface area contributed by atoms with Gasteiger partial charge in [-0.2, -0.15) is 0 Å². The van der Waals surface area contributed by atoms with Crippen LogP contribution in [0.5, 0.6) is 11.5 Å². The second-order valence-corrected chi connectivity index (χ2v) is 4.75. The van der Waals surface area contributed by atoms with Crippen LogP contribution in [0.25, 0.3) is 0 Å². The molecule has 0 bridgehead atoms. The third-order valence-corrected chi connectivity index (χ3v) is 3.30. The Morgan fingerprint density at radius 1 is 1.22 bits per heavy atom. The summed E-state index contributed by atoms with van der Waals surface area (Å²) >= 11 is 0. The standard InChI is InChI=1S/C13H17F2NO2/c1-17-10-6-9(12(14)15)11(18-2)5-8(10)7-13(16)3-4-13/h5-6,12H,3-4,7,16H2,1-2H3. The Balaban J connectivity index is 2.38. The molecule has 0 amide bonds. The van der Waals surface area contributed by atoms with Gasteiger partial charge < -0.3 is 15.2 Å². The summed E-state index contributed by atoms with van der Waals surface area (Å²) in [6, 6.07) is 2.94. The zero-order valence-corrected chi connectivity index (χ0v) is 10.5. The molecule has 1 aromatic rings. The second-order valence-electron chi connectivity index (χ2n) is 4.75. The molecule has 1 aliphatic carbocycles. The van der Waals surface area contributed by atoms with Crippen molar-refractivity contribution in [2.24, 2.45) is 5.73 Å². The Bertz CT molecular complexity index is 445. The molecule has 0 radical (unpaired) electrons. The third kappa shape index (κ3) is 2.56. The van der Waals surface area contributed by atoms with Crippen LogP contribution in [0.3, 0.4) is 0 Å². The third-order valence-electron chi connectivity index (χ3n) is 3.30. The molecule has 0 spiro atoms. The van der Waals surface area contributed by atoms with Crippen LogP contribution in [0.1, 0.15) is 30.4 Å². The van der Waals surface area contributed by atoms with Gasteiger partial charge >= 0.3 is 0 Å². The lowest BCUT2D eigenvalue weighted by Crippen LogP contribution is -2.24. The quantitative estimate of drug-likeness (QED) is 0.882. The smallest absolute Gasteiger partial charge is 0.267 e. The van der Waals surface area contributed by atoms with Gasteiger partial charge in [-0.05, 0) is 37.0 Å². The summed E-state index contributed by atoms with van der Waals surface area (Å²) in [5.41, 5.74) is 6.51. The lowest BCUT2D eigenvalue weighted by molar-refractivity contribution is 0.146. The summed E-state index contributed by atoms with van der Waals surface area (Å²) in [5.74, 6) is 0.632. The summed E-state index contributed by atoms with van der Waals surface area (Å²) in [6.07, 6.45) is -0.0594. The number of methoxy groups -OCH3 is 2. The fourth-order valence-corrected chi connectivity index (χ4v) is 2.01. The first-order valence-electron chi connectivity index (χ1n) is 5.81. The summed E-state index contributed by atoms with van der Waals surface area (Å²) in [5, 5.41) is 0. The number of benzene rings is 1. The Labute approximate surface area is 105 Å². The molecular formula is C13H17F2NO2. The molecule has 1 saturated carbocycles. The van der Waals surface area contributed by atoms with Crippen LogP contribution in [0.2, 0.25) is 0 Å². The van der Waals surface area contributed by atoms with Gasteiger partial charge in [0.25, 0.3) is 6.43 Å². The number of ether oxygens (including phenoxy) is 2. The van der Waals surface area contributed by atoms with Crippen LogP contribution in [0.15, 0.2) is 12.1 Å². The van der Waals surface area contributed by atoms with Crippen molar-refractivity contribution in [3.05, 3.63) is 23.3 Å². The minimum absolute atomic E-state index is 0.153. The number of nitrogens with two attached hydrogens (primary N) is 1. The van der Waals surface area contributed by atoms with Crippen molar-refractivity contribution in [1.29, 1.82) is 0 Å². The molecule has 1 aromatic carbocycles. The highest BCUT2D eigenvalue weighted by Crippen LogP contribution is 2.41. The molecule has 0 saturated heterocycles. The van der Waals surface area contributed by atoms with Crippen LogP contribution >= 0.6 is 0 Å². The molecule has 0 atom stereocenters. The second kappa shape index (κ2) is 4.72. The molecule has 1 fully saturated rings. The summed E-state index contributed by atoms with van der Waals surface area (Å²) in [6.45, 7) is 0. The van der Waals surface area contributed by atoms with E-state index in [1.54, 1.807) is 6.07 Å². The van der Waals surface area contributed by atoms with Gasteiger partial charge in [0.15, 0.2) is 0 Å². The average Bonchev–Trinajstić information content (AvgIpc) is 3.05. The van der Waals surface area contributed by atoms with E-state index in [-0.39, 0.29) is 16.9 Å². The van der Waals surface area contributed by atoms with Crippen molar-refractivity contribution >= 4 is 0 Å². The van der Waals surface area contributed by atoms with Crippen molar-refractivity contribution in [2.45, 2.75) is 31.2 Å². The maximum Gasteiger partial charge on any atom is 0.267 e. The number of alkyl halides is 2. The molecule has 0 unspecified atom stereocenters. The normalized spacial score (nSPS) is 16.8. The first kappa shape index (κ1) is 13.1. The summed E-state index contributed by atoms with van der Waals surface area (Å²) in [4.78, 5) is 0. The molecule has 100 valence electrons. The summed E-state index contributed by atoms with van der Waals surface area (Å²) in [7, 11) is 2.85. The minimum Gasteiger partial charge on any atom is -0.496 e. The van der Waals surface area contributed by atoms with E-state index in [2.05, 4.69) is 0 Å². The topological polar surface area (TPSA) is 44.5 Å². The zero-order chi connectivity index (χ0) is 13.3. The van der Waals surface area contributed by atoms with E-state index in [4.69, 9.17) is 15.2 Å². The largest absolute Gasteiger partial charge is 0.496 e. The van der Waals surface area contributed by atoms with Gasteiger partial charge in [-0.3, -0.25) is 0 Å². The fourth-order valence-electron chi connectivity index (χ4n) is 2.01. The molecule has 0 heterocycles. The lowest BCUT2D eigenvalue weighted by atomic mass is 10.0. The van der Waals surface area contributed by atoms with Crippen LogP contribution in [0.4, 0.5) is 8.78 Å². The monoisotopic (exact) mass is 257 g/mol. The van der Waals surface area contributed by atoms with Gasteiger partial charge in [-0.1, -0.05) is 0 Å². The van der Waals surface area contributed by atoms with Gasteiger partial charge in [0, 0.05) is 5.54 Å². The maximum absolute atomic E-state index is 12.9. The van der Waals surface area contributed by atoms with Gasteiger partial charge in [0.05, 0.1) is 19.8 Å². The predicted octanol–water partition coefficient (Wildman–Crippen LogP) is 2.68. The van der Waals surface area contributed by atoms with Crippen molar-refractivity contribution in [2.75, 3.05) is 14.2 Å². The van der Waals surface area contributed by atoms with Crippen molar-refractivity contribution < 1.29 is 18.3 Å². The molecule has 2 rings (SSSR count). The average molecular weight is 257 g/mol. The molecule has 3 nitrogen and oxygen atoms in total. The highest BCUT2D eigenvalue weighted by atomic mass is 19.3. The predicted molar refractivity (Wildman–Crippen MR) is 64.4 cm³/mol. The molecule has 2 N–H and O–H groups in total. The highest BCUT2D eigenvalue weighted by Gasteiger charge is 2.39. The van der Waals surface area contributed by atoms with E-state index in [0.29, 0.717) is 12.2 Å². The van der Waals surface area contributed by atoms with E-state index >= 15 is 0 Å². The van der Waals surface area contributed by atoms with Crippen LogP contribution < -0.4 is 15.2 Å². The van der Waals surface area contributed by atoms with Gasteiger partial charge in [0.1, 0.15) is 11.5 Å². The minimum atomic E-state index is -2.59. The number of rotatable bonds is 5. The SMILES string of the molecule is COc1cc(C(F)F)c(OC)cc1CC1(N)CC1. The molecule has 0 aromatic heterocycles. The van der Waals surface area contributed by atoms with E-state index in [9.17, 15) is 8.78 Å². The van der Waals surface area contributed by atoms with Gasteiger partial charge in [-0.15, -0.1) is 0 Å². The van der Waals surface area contributed by atoms with E-state index in [1.165, 1.54) is 20.3 Å². The Kier molecular flexibility index (Phi) is 3.43.